The lowest BCUT2D eigenvalue weighted by Crippen LogP contribution is -2.51. The third-order valence-electron chi connectivity index (χ3n) is 8.36. The van der Waals surface area contributed by atoms with Crippen LogP contribution in [0.5, 0.6) is 0 Å². The molecular formula is C37H32N4O6. The topological polar surface area (TPSA) is 133 Å². The van der Waals surface area contributed by atoms with Gasteiger partial charge in [-0.05, 0) is 48.2 Å². The summed E-state index contributed by atoms with van der Waals surface area (Å²) in [6.45, 7) is 0.469. The van der Waals surface area contributed by atoms with Gasteiger partial charge in [-0.3, -0.25) is 38.6 Å². The van der Waals surface area contributed by atoms with Crippen molar-refractivity contribution in [3.8, 4) is 0 Å². The first kappa shape index (κ1) is 31.1. The molecule has 2 heterocycles. The molecule has 4 aromatic carbocycles. The summed E-state index contributed by atoms with van der Waals surface area (Å²) in [7, 11) is 0. The van der Waals surface area contributed by atoms with Crippen LogP contribution in [0.25, 0.3) is 0 Å². The zero-order valence-electron chi connectivity index (χ0n) is 25.4. The number of imide groups is 2. The van der Waals surface area contributed by atoms with Gasteiger partial charge in [0.05, 0.1) is 22.3 Å². The van der Waals surface area contributed by atoms with Gasteiger partial charge in [-0.1, -0.05) is 84.9 Å². The van der Waals surface area contributed by atoms with Gasteiger partial charge < -0.3 is 10.6 Å². The Hall–Kier alpha value is -5.90. The molecule has 2 N–H and O–H groups in total. The third-order valence-corrected chi connectivity index (χ3v) is 8.36. The minimum atomic E-state index is -1.15. The number of unbranched alkanes of at least 4 members (excludes halogenated alkanes) is 1. The molecule has 6 rings (SSSR count). The second-order valence-electron chi connectivity index (χ2n) is 11.4. The summed E-state index contributed by atoms with van der Waals surface area (Å²) in [6.07, 6.45) is 1.12. The first-order valence-corrected chi connectivity index (χ1v) is 15.4. The standard InChI is InChI=1S/C37H32N4O6/c42-32(30(23-24-13-3-1-4-14-24)40-34(44)26-17-7-8-18-27(26)35(40)45)38-21-11-12-22-39-33(43)31(25-15-5-2-6-16-25)41-36(46)28-19-9-10-20-29(28)37(41)47/h1-10,13-20,30-31H,11-12,21-23H2,(H,38,42)(H,39,43). The monoisotopic (exact) mass is 628 g/mol. The SMILES string of the molecule is O=C(NCCCCNC(=O)C(c1ccccc1)N1C(=O)c2ccccc2C1=O)C(Cc1ccccc1)N1C(=O)c2ccccc2C1=O. The number of nitrogens with zero attached hydrogens (tertiary/aromatic N) is 2. The number of carbonyl (C=O) groups excluding carboxylic acids is 6. The van der Waals surface area contributed by atoms with Crippen molar-refractivity contribution in [2.75, 3.05) is 13.1 Å². The van der Waals surface area contributed by atoms with E-state index in [1.807, 2.05) is 30.3 Å². The van der Waals surface area contributed by atoms with Gasteiger partial charge in [-0.2, -0.15) is 0 Å². The summed E-state index contributed by atoms with van der Waals surface area (Å²) in [6, 6.07) is 28.7. The molecule has 236 valence electrons. The highest BCUT2D eigenvalue weighted by atomic mass is 16.2. The lowest BCUT2D eigenvalue weighted by atomic mass is 10.0. The van der Waals surface area contributed by atoms with Gasteiger partial charge in [0.1, 0.15) is 12.1 Å². The summed E-state index contributed by atoms with van der Waals surface area (Å²) >= 11 is 0. The van der Waals surface area contributed by atoms with Gasteiger partial charge in [0, 0.05) is 19.5 Å². The maximum absolute atomic E-state index is 13.5. The van der Waals surface area contributed by atoms with Gasteiger partial charge in [0.2, 0.25) is 11.8 Å². The zero-order chi connectivity index (χ0) is 32.9. The van der Waals surface area contributed by atoms with Crippen molar-refractivity contribution < 1.29 is 28.8 Å². The summed E-state index contributed by atoms with van der Waals surface area (Å²) < 4.78 is 0. The van der Waals surface area contributed by atoms with E-state index in [-0.39, 0.29) is 41.8 Å². The molecule has 2 unspecified atom stereocenters. The lowest BCUT2D eigenvalue weighted by Gasteiger charge is -2.26. The molecule has 2 aliphatic heterocycles. The molecule has 2 aliphatic rings. The van der Waals surface area contributed by atoms with E-state index in [9.17, 15) is 28.8 Å². The molecule has 47 heavy (non-hydrogen) atoms. The fourth-order valence-electron chi connectivity index (χ4n) is 6.01. The lowest BCUT2D eigenvalue weighted by molar-refractivity contribution is -0.126. The molecule has 0 aliphatic carbocycles. The molecule has 10 heteroatoms. The average Bonchev–Trinajstić information content (AvgIpc) is 3.50. The molecule has 10 nitrogen and oxygen atoms in total. The summed E-state index contributed by atoms with van der Waals surface area (Å²) in [5.41, 5.74) is 2.37. The number of benzene rings is 4. The Morgan fingerprint density at radius 2 is 0.915 bits per heavy atom. The fourth-order valence-corrected chi connectivity index (χ4v) is 6.01. The van der Waals surface area contributed by atoms with Gasteiger partial charge in [0.25, 0.3) is 23.6 Å². The molecule has 2 atom stereocenters. The van der Waals surface area contributed by atoms with Crippen LogP contribution in [-0.4, -0.2) is 64.4 Å². The number of rotatable bonds is 12. The quantitative estimate of drug-likeness (QED) is 0.180. The van der Waals surface area contributed by atoms with Crippen LogP contribution < -0.4 is 10.6 Å². The van der Waals surface area contributed by atoms with Gasteiger partial charge in [0.15, 0.2) is 0 Å². The first-order valence-electron chi connectivity index (χ1n) is 15.4. The third kappa shape index (κ3) is 6.17. The summed E-state index contributed by atoms with van der Waals surface area (Å²) in [4.78, 5) is 81.9. The van der Waals surface area contributed by atoms with E-state index in [4.69, 9.17) is 0 Å². The predicted molar refractivity (Wildman–Crippen MR) is 172 cm³/mol. The Balaban J connectivity index is 1.07. The van der Waals surface area contributed by atoms with E-state index >= 15 is 0 Å². The van der Waals surface area contributed by atoms with Crippen molar-refractivity contribution in [2.45, 2.75) is 31.3 Å². The van der Waals surface area contributed by atoms with Crippen LogP contribution in [0.3, 0.4) is 0 Å². The second kappa shape index (κ2) is 13.6. The number of carbonyl (C=O) groups is 6. The van der Waals surface area contributed by atoms with Crippen molar-refractivity contribution >= 4 is 35.4 Å². The molecule has 0 bridgehead atoms. The molecule has 0 aromatic heterocycles. The minimum Gasteiger partial charge on any atom is -0.354 e. The van der Waals surface area contributed by atoms with E-state index in [1.54, 1.807) is 78.9 Å². The molecule has 0 radical (unpaired) electrons. The molecule has 0 saturated heterocycles. The van der Waals surface area contributed by atoms with Crippen LogP contribution in [0.1, 0.15) is 71.4 Å². The molecule has 4 aromatic rings. The maximum atomic E-state index is 13.5. The number of hydrogen-bond acceptors (Lipinski definition) is 6. The largest absolute Gasteiger partial charge is 0.354 e. The Kier molecular flexibility index (Phi) is 9.01. The summed E-state index contributed by atoms with van der Waals surface area (Å²) in [5, 5.41) is 5.70. The van der Waals surface area contributed by atoms with E-state index in [2.05, 4.69) is 10.6 Å². The van der Waals surface area contributed by atoms with Crippen molar-refractivity contribution in [1.29, 1.82) is 0 Å². The number of amides is 6. The van der Waals surface area contributed by atoms with E-state index in [1.165, 1.54) is 0 Å². The highest BCUT2D eigenvalue weighted by Crippen LogP contribution is 2.32. The minimum absolute atomic E-state index is 0.160. The summed E-state index contributed by atoms with van der Waals surface area (Å²) in [5.74, 6) is -3.02. The molecule has 0 spiro atoms. The molecule has 0 saturated carbocycles. The van der Waals surface area contributed by atoms with Gasteiger partial charge in [-0.25, -0.2) is 0 Å². The van der Waals surface area contributed by atoms with Crippen LogP contribution in [0.2, 0.25) is 0 Å². The van der Waals surface area contributed by atoms with Crippen molar-refractivity contribution in [1.82, 2.24) is 20.4 Å². The van der Waals surface area contributed by atoms with Crippen LogP contribution in [0.4, 0.5) is 0 Å². The van der Waals surface area contributed by atoms with Crippen LogP contribution >= 0.6 is 0 Å². The Morgan fingerprint density at radius 1 is 0.511 bits per heavy atom. The van der Waals surface area contributed by atoms with Crippen LogP contribution in [-0.2, 0) is 16.0 Å². The average molecular weight is 629 g/mol. The maximum Gasteiger partial charge on any atom is 0.262 e. The number of hydrogen-bond donors (Lipinski definition) is 2. The van der Waals surface area contributed by atoms with Crippen LogP contribution in [0, 0.1) is 0 Å². The van der Waals surface area contributed by atoms with Crippen molar-refractivity contribution in [3.63, 3.8) is 0 Å². The number of nitrogens with one attached hydrogen (secondary N) is 2. The molecule has 0 fully saturated rings. The Labute approximate surface area is 271 Å². The van der Waals surface area contributed by atoms with Crippen molar-refractivity contribution in [3.05, 3.63) is 143 Å². The highest BCUT2D eigenvalue weighted by molar-refractivity contribution is 6.23. The normalized spacial score (nSPS) is 14.9. The zero-order valence-corrected chi connectivity index (χ0v) is 25.4. The van der Waals surface area contributed by atoms with E-state index < -0.39 is 47.5 Å². The van der Waals surface area contributed by atoms with Gasteiger partial charge in [-0.15, -0.1) is 0 Å². The first-order chi connectivity index (χ1) is 22.9. The predicted octanol–water partition coefficient (Wildman–Crippen LogP) is 3.94. The second-order valence-corrected chi connectivity index (χ2v) is 11.4. The molecule has 6 amide bonds. The van der Waals surface area contributed by atoms with E-state index in [0.717, 1.165) is 15.4 Å². The van der Waals surface area contributed by atoms with Gasteiger partial charge >= 0.3 is 0 Å². The van der Waals surface area contributed by atoms with E-state index in [0.29, 0.717) is 18.4 Å². The number of fused-ring (bicyclic) bond motifs is 2. The smallest absolute Gasteiger partial charge is 0.262 e. The van der Waals surface area contributed by atoms with Crippen molar-refractivity contribution in [2.24, 2.45) is 0 Å². The fraction of sp³-hybridized carbons (Fsp3) is 0.189. The highest BCUT2D eigenvalue weighted by Gasteiger charge is 2.44. The molecular weight excluding hydrogens is 596 g/mol. The Bertz CT molecular complexity index is 1790. The Morgan fingerprint density at radius 3 is 1.40 bits per heavy atom. The van der Waals surface area contributed by atoms with Crippen LogP contribution in [0.15, 0.2) is 109 Å².